The monoisotopic (exact) mass is 342 g/mol. The third kappa shape index (κ3) is 4.29. The van der Waals surface area contributed by atoms with E-state index in [4.69, 9.17) is 21.1 Å². The Bertz CT molecular complexity index is 513. The van der Waals surface area contributed by atoms with Gasteiger partial charge in [0.25, 0.3) is 0 Å². The van der Waals surface area contributed by atoms with E-state index in [0.717, 1.165) is 25.2 Å². The Morgan fingerprint density at radius 1 is 1.35 bits per heavy atom. The molecule has 0 aromatic heterocycles. The van der Waals surface area contributed by atoms with Gasteiger partial charge in [0, 0.05) is 25.7 Å². The molecule has 2 rings (SSSR count). The molecule has 0 saturated carbocycles. The molecule has 0 amide bonds. The van der Waals surface area contributed by atoms with Gasteiger partial charge < -0.3 is 19.9 Å². The van der Waals surface area contributed by atoms with Gasteiger partial charge >= 0.3 is 0 Å². The number of aliphatic hydroxyl groups is 1. The van der Waals surface area contributed by atoms with E-state index >= 15 is 0 Å². The zero-order valence-corrected chi connectivity index (χ0v) is 14.9. The molecule has 0 aliphatic carbocycles. The van der Waals surface area contributed by atoms with E-state index in [2.05, 4.69) is 17.1 Å². The van der Waals surface area contributed by atoms with Crippen LogP contribution in [0.25, 0.3) is 0 Å². The molecule has 5 nitrogen and oxygen atoms in total. The number of benzene rings is 1. The normalized spacial score (nSPS) is 20.3. The van der Waals surface area contributed by atoms with Crippen LogP contribution in [-0.2, 0) is 0 Å². The van der Waals surface area contributed by atoms with Crippen molar-refractivity contribution in [3.05, 3.63) is 22.7 Å². The van der Waals surface area contributed by atoms with Crippen LogP contribution < -0.4 is 14.8 Å². The van der Waals surface area contributed by atoms with E-state index in [-0.39, 0.29) is 12.6 Å². The van der Waals surface area contributed by atoms with Crippen LogP contribution in [0, 0.1) is 0 Å². The molecular weight excluding hydrogens is 316 g/mol. The number of aliphatic hydroxyl groups excluding tert-OH is 1. The van der Waals surface area contributed by atoms with Crippen LogP contribution in [-0.4, -0.2) is 55.5 Å². The Balaban J connectivity index is 2.35. The zero-order valence-electron chi connectivity index (χ0n) is 14.1. The van der Waals surface area contributed by atoms with Gasteiger partial charge in [-0.2, -0.15) is 0 Å². The van der Waals surface area contributed by atoms with E-state index < -0.39 is 0 Å². The average Bonchev–Trinajstić information content (AvgIpc) is 2.53. The molecule has 23 heavy (non-hydrogen) atoms. The molecule has 0 spiro atoms. The van der Waals surface area contributed by atoms with Crippen LogP contribution in [0.1, 0.15) is 32.4 Å². The fourth-order valence-electron chi connectivity index (χ4n) is 3.05. The minimum absolute atomic E-state index is 0.0419. The number of halogens is 1. The van der Waals surface area contributed by atoms with Crippen LogP contribution in [0.15, 0.2) is 12.1 Å². The number of nitrogens with one attached hydrogen (secondary N) is 1. The van der Waals surface area contributed by atoms with Crippen LogP contribution in [0.3, 0.4) is 0 Å². The number of hydrogen-bond donors (Lipinski definition) is 2. The highest BCUT2D eigenvalue weighted by Crippen LogP contribution is 2.39. The third-order valence-corrected chi connectivity index (χ3v) is 4.41. The molecule has 6 heteroatoms. The maximum absolute atomic E-state index is 9.96. The maximum Gasteiger partial charge on any atom is 0.179 e. The van der Waals surface area contributed by atoms with E-state index in [1.54, 1.807) is 0 Å². The Hall–Kier alpha value is -1.01. The van der Waals surface area contributed by atoms with Gasteiger partial charge in [-0.3, -0.25) is 4.90 Å². The average molecular weight is 343 g/mol. The van der Waals surface area contributed by atoms with Crippen molar-refractivity contribution in [1.29, 1.82) is 0 Å². The Morgan fingerprint density at radius 2 is 2.09 bits per heavy atom. The summed E-state index contributed by atoms with van der Waals surface area (Å²) < 4.78 is 11.3. The minimum Gasteiger partial charge on any atom is -0.490 e. The molecule has 1 heterocycles. The summed E-state index contributed by atoms with van der Waals surface area (Å²) in [5.74, 6) is 1.21. The molecule has 1 aliphatic heterocycles. The predicted molar refractivity (Wildman–Crippen MR) is 92.7 cm³/mol. The molecule has 2 unspecified atom stereocenters. The van der Waals surface area contributed by atoms with Crippen molar-refractivity contribution in [1.82, 2.24) is 10.2 Å². The summed E-state index contributed by atoms with van der Waals surface area (Å²) in [6, 6.07) is 4.07. The van der Waals surface area contributed by atoms with E-state index in [9.17, 15) is 5.11 Å². The van der Waals surface area contributed by atoms with Gasteiger partial charge in [-0.1, -0.05) is 11.6 Å². The molecule has 1 fully saturated rings. The molecule has 130 valence electrons. The van der Waals surface area contributed by atoms with Crippen molar-refractivity contribution in [2.75, 3.05) is 39.5 Å². The second-order valence-corrected chi connectivity index (χ2v) is 6.09. The largest absolute Gasteiger partial charge is 0.490 e. The summed E-state index contributed by atoms with van der Waals surface area (Å²) in [6.07, 6.45) is 0. The fraction of sp³-hybridized carbons (Fsp3) is 0.647. The standard InChI is InChI=1S/C17H27ClN2O3/c1-4-22-16-9-13(8-14(18)17(16)23-5-2)15(11-21)20-7-6-19-10-12(20)3/h8-9,12,15,19,21H,4-7,10-11H2,1-3H3. The van der Waals surface area contributed by atoms with Gasteiger partial charge in [-0.25, -0.2) is 0 Å². The van der Waals surface area contributed by atoms with Crippen LogP contribution >= 0.6 is 11.6 Å². The van der Waals surface area contributed by atoms with Gasteiger partial charge in [0.1, 0.15) is 0 Å². The van der Waals surface area contributed by atoms with Gasteiger partial charge in [0.2, 0.25) is 0 Å². The third-order valence-electron chi connectivity index (χ3n) is 4.13. The number of nitrogens with zero attached hydrogens (tertiary/aromatic N) is 1. The zero-order chi connectivity index (χ0) is 16.8. The first-order valence-corrected chi connectivity index (χ1v) is 8.66. The minimum atomic E-state index is -0.0977. The molecular formula is C17H27ClN2O3. The van der Waals surface area contributed by atoms with Gasteiger partial charge in [0.05, 0.1) is 30.9 Å². The van der Waals surface area contributed by atoms with Gasteiger partial charge in [-0.05, 0) is 38.5 Å². The van der Waals surface area contributed by atoms with Crippen molar-refractivity contribution < 1.29 is 14.6 Å². The highest BCUT2D eigenvalue weighted by atomic mass is 35.5. The van der Waals surface area contributed by atoms with Crippen molar-refractivity contribution in [3.8, 4) is 11.5 Å². The second-order valence-electron chi connectivity index (χ2n) is 5.69. The SMILES string of the molecule is CCOc1cc(C(CO)N2CCNCC2C)cc(Cl)c1OCC. The topological polar surface area (TPSA) is 54.0 Å². The lowest BCUT2D eigenvalue weighted by molar-refractivity contribution is 0.0721. The number of piperazine rings is 1. The highest BCUT2D eigenvalue weighted by molar-refractivity contribution is 6.32. The lowest BCUT2D eigenvalue weighted by atomic mass is 10.0. The molecule has 2 atom stereocenters. The number of hydrogen-bond acceptors (Lipinski definition) is 5. The molecule has 1 aromatic rings. The first-order valence-electron chi connectivity index (χ1n) is 8.28. The summed E-state index contributed by atoms with van der Waals surface area (Å²) in [5, 5.41) is 13.8. The smallest absolute Gasteiger partial charge is 0.179 e. The van der Waals surface area contributed by atoms with E-state index in [0.29, 0.717) is 35.8 Å². The van der Waals surface area contributed by atoms with Crippen molar-refractivity contribution >= 4 is 11.6 Å². The van der Waals surface area contributed by atoms with Gasteiger partial charge in [-0.15, -0.1) is 0 Å². The summed E-state index contributed by atoms with van der Waals surface area (Å²) in [5.41, 5.74) is 0.957. The quantitative estimate of drug-likeness (QED) is 0.797. The van der Waals surface area contributed by atoms with Crippen molar-refractivity contribution in [2.45, 2.75) is 32.9 Å². The lowest BCUT2D eigenvalue weighted by Crippen LogP contribution is -2.51. The van der Waals surface area contributed by atoms with E-state index in [1.165, 1.54) is 0 Å². The Morgan fingerprint density at radius 3 is 2.70 bits per heavy atom. The molecule has 1 aliphatic rings. The summed E-state index contributed by atoms with van der Waals surface area (Å²) in [6.45, 7) is 9.83. The van der Waals surface area contributed by atoms with Crippen molar-refractivity contribution in [3.63, 3.8) is 0 Å². The molecule has 1 saturated heterocycles. The van der Waals surface area contributed by atoms with Gasteiger partial charge in [0.15, 0.2) is 11.5 Å². The summed E-state index contributed by atoms with van der Waals surface area (Å²) >= 11 is 6.41. The maximum atomic E-state index is 9.96. The summed E-state index contributed by atoms with van der Waals surface area (Å²) in [4.78, 5) is 2.30. The molecule has 1 aromatic carbocycles. The number of rotatable bonds is 7. The van der Waals surface area contributed by atoms with E-state index in [1.807, 2.05) is 26.0 Å². The molecule has 2 N–H and O–H groups in total. The highest BCUT2D eigenvalue weighted by Gasteiger charge is 2.28. The second kappa shape index (κ2) is 8.73. The molecule has 0 bridgehead atoms. The van der Waals surface area contributed by atoms with Crippen LogP contribution in [0.2, 0.25) is 5.02 Å². The predicted octanol–water partition coefficient (Wildman–Crippen LogP) is 2.46. The lowest BCUT2D eigenvalue weighted by Gasteiger charge is -2.39. The Labute approximate surface area is 143 Å². The van der Waals surface area contributed by atoms with Crippen LogP contribution in [0.4, 0.5) is 0 Å². The fourth-order valence-corrected chi connectivity index (χ4v) is 3.32. The first-order chi connectivity index (χ1) is 11.1. The van der Waals surface area contributed by atoms with Crippen LogP contribution in [0.5, 0.6) is 11.5 Å². The number of ether oxygens (including phenoxy) is 2. The first kappa shape index (κ1) is 18.3. The Kier molecular flexibility index (Phi) is 6.96. The van der Waals surface area contributed by atoms with Crippen molar-refractivity contribution in [2.24, 2.45) is 0 Å². The molecule has 0 radical (unpaired) electrons. The summed E-state index contributed by atoms with van der Waals surface area (Å²) in [7, 11) is 0.